The van der Waals surface area contributed by atoms with E-state index in [1.807, 2.05) is 23.9 Å². The molecule has 3 rings (SSSR count). The molecule has 24 heavy (non-hydrogen) atoms. The van der Waals surface area contributed by atoms with Crippen LogP contribution in [0, 0.1) is 6.92 Å². The summed E-state index contributed by atoms with van der Waals surface area (Å²) in [6.07, 6.45) is 1.81. The van der Waals surface area contributed by atoms with Gasteiger partial charge in [-0.3, -0.25) is 4.98 Å². The Morgan fingerprint density at radius 2 is 2.08 bits per heavy atom. The zero-order valence-electron chi connectivity index (χ0n) is 14.3. The summed E-state index contributed by atoms with van der Waals surface area (Å²) >= 11 is 0. The summed E-state index contributed by atoms with van der Waals surface area (Å²) in [6.45, 7) is 6.29. The van der Waals surface area contributed by atoms with Crippen molar-refractivity contribution in [2.24, 2.45) is 0 Å². The fourth-order valence-electron chi connectivity index (χ4n) is 2.69. The molecule has 126 valence electrons. The van der Waals surface area contributed by atoms with Crippen LogP contribution < -0.4 is 0 Å². The second kappa shape index (κ2) is 7.51. The Balaban J connectivity index is 2.10. The molecule has 6 heteroatoms. The van der Waals surface area contributed by atoms with Gasteiger partial charge in [-0.05, 0) is 25.5 Å². The molecule has 2 aromatic heterocycles. The smallest absolute Gasteiger partial charge is 0.176 e. The maximum atomic E-state index is 5.45. The normalized spacial score (nSPS) is 11.3. The topological polar surface area (TPSA) is 62.1 Å². The molecule has 0 N–H and O–H groups in total. The predicted molar refractivity (Wildman–Crippen MR) is 92.7 cm³/mol. The van der Waals surface area contributed by atoms with E-state index in [0.717, 1.165) is 27.9 Å². The van der Waals surface area contributed by atoms with E-state index in [1.54, 1.807) is 7.11 Å². The van der Waals surface area contributed by atoms with E-state index in [4.69, 9.17) is 14.5 Å². The molecule has 3 aromatic rings. The van der Waals surface area contributed by atoms with E-state index in [0.29, 0.717) is 32.2 Å². The van der Waals surface area contributed by atoms with Gasteiger partial charge in [-0.25, -0.2) is 9.67 Å². The van der Waals surface area contributed by atoms with Crippen LogP contribution in [0.5, 0.6) is 0 Å². The van der Waals surface area contributed by atoms with E-state index < -0.39 is 0 Å². The molecule has 0 saturated carbocycles. The summed E-state index contributed by atoms with van der Waals surface area (Å²) in [5, 5.41) is 5.65. The summed E-state index contributed by atoms with van der Waals surface area (Å²) < 4.78 is 12.5. The monoisotopic (exact) mass is 326 g/mol. The molecule has 1 aromatic carbocycles. The van der Waals surface area contributed by atoms with Gasteiger partial charge in [0.25, 0.3) is 0 Å². The molecule has 2 heterocycles. The Labute approximate surface area is 141 Å². The van der Waals surface area contributed by atoms with E-state index in [-0.39, 0.29) is 0 Å². The van der Waals surface area contributed by atoms with Crippen molar-refractivity contribution in [3.63, 3.8) is 0 Å². The van der Waals surface area contributed by atoms with Crippen molar-refractivity contribution in [3.05, 3.63) is 41.9 Å². The fourth-order valence-corrected chi connectivity index (χ4v) is 2.69. The van der Waals surface area contributed by atoms with Gasteiger partial charge in [0.2, 0.25) is 0 Å². The van der Waals surface area contributed by atoms with Gasteiger partial charge in [0, 0.05) is 30.9 Å². The van der Waals surface area contributed by atoms with Gasteiger partial charge < -0.3 is 9.47 Å². The first kappa shape index (κ1) is 16.5. The number of rotatable bonds is 7. The van der Waals surface area contributed by atoms with Crippen LogP contribution in [0.1, 0.15) is 18.3 Å². The molecule has 0 bridgehead atoms. The average molecular weight is 326 g/mol. The number of hydrogen-bond donors (Lipinski definition) is 0. The molecule has 0 amide bonds. The third-order valence-corrected chi connectivity index (χ3v) is 3.87. The first-order valence-electron chi connectivity index (χ1n) is 8.09. The van der Waals surface area contributed by atoms with Gasteiger partial charge in [-0.1, -0.05) is 18.2 Å². The van der Waals surface area contributed by atoms with Crippen molar-refractivity contribution >= 4 is 10.9 Å². The van der Waals surface area contributed by atoms with Gasteiger partial charge in [0.15, 0.2) is 11.6 Å². The van der Waals surface area contributed by atoms with E-state index >= 15 is 0 Å². The Morgan fingerprint density at radius 1 is 1.21 bits per heavy atom. The molecule has 0 fully saturated rings. The van der Waals surface area contributed by atoms with Gasteiger partial charge in [-0.15, -0.1) is 0 Å². The molecule has 0 unspecified atom stereocenters. The zero-order chi connectivity index (χ0) is 16.9. The van der Waals surface area contributed by atoms with E-state index in [9.17, 15) is 0 Å². The molecule has 0 aliphatic rings. The summed E-state index contributed by atoms with van der Waals surface area (Å²) in [5.41, 5.74) is 3.16. The molecule has 0 saturated heterocycles. The van der Waals surface area contributed by atoms with Crippen LogP contribution in [0.15, 0.2) is 30.5 Å². The van der Waals surface area contributed by atoms with Crippen molar-refractivity contribution in [1.29, 1.82) is 0 Å². The van der Waals surface area contributed by atoms with Gasteiger partial charge >= 0.3 is 0 Å². The Hall–Kier alpha value is -2.31. The van der Waals surface area contributed by atoms with Crippen LogP contribution in [0.3, 0.4) is 0 Å². The molecule has 0 spiro atoms. The first-order chi connectivity index (χ1) is 11.7. The lowest BCUT2D eigenvalue weighted by molar-refractivity contribution is 0.127. The van der Waals surface area contributed by atoms with Crippen molar-refractivity contribution in [2.45, 2.75) is 27.0 Å². The van der Waals surface area contributed by atoms with Crippen LogP contribution in [0.25, 0.3) is 22.3 Å². The Bertz CT molecular complexity index is 829. The van der Waals surface area contributed by atoms with Gasteiger partial charge in [0.1, 0.15) is 6.61 Å². The van der Waals surface area contributed by atoms with Crippen LogP contribution in [-0.2, 0) is 22.6 Å². The highest BCUT2D eigenvalue weighted by atomic mass is 16.5. The average Bonchev–Trinajstić information content (AvgIpc) is 3.01. The lowest BCUT2D eigenvalue weighted by atomic mass is 10.0. The maximum Gasteiger partial charge on any atom is 0.176 e. The lowest BCUT2D eigenvalue weighted by Gasteiger charge is -2.09. The van der Waals surface area contributed by atoms with Crippen LogP contribution in [0.4, 0.5) is 0 Å². The SMILES string of the molecule is CCOCc1nc(-c2ccc(C)c3ncccc23)n(CCOC)n1. The Morgan fingerprint density at radius 3 is 2.88 bits per heavy atom. The number of methoxy groups -OCH3 is 1. The number of benzene rings is 1. The van der Waals surface area contributed by atoms with Gasteiger partial charge in [-0.2, -0.15) is 5.10 Å². The second-order valence-corrected chi connectivity index (χ2v) is 5.53. The maximum absolute atomic E-state index is 5.45. The standard InChI is InChI=1S/C18H22N4O2/c1-4-24-12-16-20-18(22(21-16)10-11-23-3)15-8-7-13(2)17-14(15)6-5-9-19-17/h5-9H,4,10-12H2,1-3H3. The number of nitrogens with zero attached hydrogens (tertiary/aromatic N) is 4. The number of hydrogen-bond acceptors (Lipinski definition) is 5. The minimum absolute atomic E-state index is 0.408. The number of fused-ring (bicyclic) bond motifs is 1. The van der Waals surface area contributed by atoms with Crippen LogP contribution in [0.2, 0.25) is 0 Å². The molecule has 0 aliphatic carbocycles. The largest absolute Gasteiger partial charge is 0.383 e. The highest BCUT2D eigenvalue weighted by Gasteiger charge is 2.15. The van der Waals surface area contributed by atoms with Crippen molar-refractivity contribution in [2.75, 3.05) is 20.3 Å². The quantitative estimate of drug-likeness (QED) is 0.668. The number of ether oxygens (including phenoxy) is 2. The van der Waals surface area contributed by atoms with Crippen LogP contribution in [-0.4, -0.2) is 40.1 Å². The van der Waals surface area contributed by atoms with Crippen molar-refractivity contribution < 1.29 is 9.47 Å². The minimum atomic E-state index is 0.408. The van der Waals surface area contributed by atoms with Crippen molar-refractivity contribution in [1.82, 2.24) is 19.7 Å². The summed E-state index contributed by atoms with van der Waals surface area (Å²) in [4.78, 5) is 9.20. The lowest BCUT2D eigenvalue weighted by Crippen LogP contribution is -2.08. The third kappa shape index (κ3) is 3.29. The number of aryl methyl sites for hydroxylation is 1. The molecule has 6 nitrogen and oxygen atoms in total. The highest BCUT2D eigenvalue weighted by Crippen LogP contribution is 2.28. The van der Waals surface area contributed by atoms with E-state index in [1.165, 1.54) is 0 Å². The summed E-state index contributed by atoms with van der Waals surface area (Å²) in [7, 11) is 1.68. The molecule has 0 atom stereocenters. The molecular weight excluding hydrogens is 304 g/mol. The zero-order valence-corrected chi connectivity index (χ0v) is 14.3. The number of pyridine rings is 1. The Kier molecular flexibility index (Phi) is 5.17. The molecule has 0 aliphatic heterocycles. The van der Waals surface area contributed by atoms with Crippen molar-refractivity contribution in [3.8, 4) is 11.4 Å². The summed E-state index contributed by atoms with van der Waals surface area (Å²) in [5.74, 6) is 1.50. The molecular formula is C18H22N4O2. The number of aromatic nitrogens is 4. The highest BCUT2D eigenvalue weighted by molar-refractivity contribution is 5.94. The first-order valence-corrected chi connectivity index (χ1v) is 8.09. The summed E-state index contributed by atoms with van der Waals surface area (Å²) in [6, 6.07) is 8.17. The van der Waals surface area contributed by atoms with Crippen LogP contribution >= 0.6 is 0 Å². The predicted octanol–water partition coefficient (Wildman–Crippen LogP) is 2.98. The molecule has 0 radical (unpaired) electrons. The fraction of sp³-hybridized carbons (Fsp3) is 0.389. The third-order valence-electron chi connectivity index (χ3n) is 3.87. The second-order valence-electron chi connectivity index (χ2n) is 5.53. The van der Waals surface area contributed by atoms with Gasteiger partial charge in [0.05, 0.1) is 18.7 Å². The minimum Gasteiger partial charge on any atom is -0.383 e. The van der Waals surface area contributed by atoms with E-state index in [2.05, 4.69) is 35.2 Å².